The molecule has 24 heavy (non-hydrogen) atoms. The molecule has 7 heteroatoms. The Labute approximate surface area is 147 Å². The van der Waals surface area contributed by atoms with E-state index >= 15 is 0 Å². The topological polar surface area (TPSA) is 79.8 Å². The van der Waals surface area contributed by atoms with Gasteiger partial charge in [-0.25, -0.2) is 9.97 Å². The minimum absolute atomic E-state index is 0.254. The molecule has 0 unspecified atom stereocenters. The second-order valence-electron chi connectivity index (χ2n) is 4.97. The lowest BCUT2D eigenvalue weighted by molar-refractivity contribution is 0.102. The molecule has 0 aliphatic carbocycles. The van der Waals surface area contributed by atoms with Gasteiger partial charge in [-0.1, -0.05) is 22.0 Å². The first-order chi connectivity index (χ1) is 11.7. The average molecular weight is 384 g/mol. The molecular formula is C17H14BrN5O. The van der Waals surface area contributed by atoms with E-state index in [-0.39, 0.29) is 5.91 Å². The van der Waals surface area contributed by atoms with E-state index in [1.165, 1.54) is 12.4 Å². The maximum absolute atomic E-state index is 12.2. The molecule has 0 atom stereocenters. The van der Waals surface area contributed by atoms with Crippen molar-refractivity contribution in [2.45, 2.75) is 6.54 Å². The van der Waals surface area contributed by atoms with Crippen LogP contribution in [0.2, 0.25) is 0 Å². The lowest BCUT2D eigenvalue weighted by Crippen LogP contribution is -2.13. The van der Waals surface area contributed by atoms with Crippen molar-refractivity contribution >= 4 is 33.5 Å². The van der Waals surface area contributed by atoms with Gasteiger partial charge < -0.3 is 10.6 Å². The van der Waals surface area contributed by atoms with Crippen LogP contribution in [0.15, 0.2) is 65.7 Å². The molecule has 2 aromatic heterocycles. The van der Waals surface area contributed by atoms with Crippen LogP contribution in [0, 0.1) is 0 Å². The van der Waals surface area contributed by atoms with Gasteiger partial charge in [-0.05, 0) is 35.9 Å². The van der Waals surface area contributed by atoms with Gasteiger partial charge in [0.2, 0.25) is 5.95 Å². The van der Waals surface area contributed by atoms with Gasteiger partial charge in [0.1, 0.15) is 0 Å². The predicted octanol–water partition coefficient (Wildman–Crippen LogP) is 3.50. The van der Waals surface area contributed by atoms with Crippen LogP contribution < -0.4 is 10.6 Å². The summed E-state index contributed by atoms with van der Waals surface area (Å²) in [5.74, 6) is 0.204. The largest absolute Gasteiger partial charge is 0.350 e. The summed E-state index contributed by atoms with van der Waals surface area (Å²) in [6.45, 7) is 0.568. The number of hydrogen-bond acceptors (Lipinski definition) is 5. The lowest BCUT2D eigenvalue weighted by atomic mass is 10.3. The molecule has 1 aromatic carbocycles. The number of nitrogens with one attached hydrogen (secondary N) is 2. The third kappa shape index (κ3) is 4.36. The Hall–Kier alpha value is -2.80. The summed E-state index contributed by atoms with van der Waals surface area (Å²) in [6, 6.07) is 11.2. The zero-order chi connectivity index (χ0) is 16.8. The van der Waals surface area contributed by atoms with Crippen molar-refractivity contribution in [3.63, 3.8) is 0 Å². The molecule has 6 nitrogen and oxygen atoms in total. The standard InChI is InChI=1S/C17H14BrN5O/c18-14-3-5-15(6-4-14)23-16(24)13-10-21-17(22-11-13)20-9-12-2-1-7-19-8-12/h1-8,10-11H,9H2,(H,23,24)(H,20,21,22). The molecule has 2 heterocycles. The fraction of sp³-hybridized carbons (Fsp3) is 0.0588. The normalized spacial score (nSPS) is 10.2. The van der Waals surface area contributed by atoms with Crippen molar-refractivity contribution in [2.75, 3.05) is 10.6 Å². The van der Waals surface area contributed by atoms with E-state index < -0.39 is 0 Å². The van der Waals surface area contributed by atoms with Crippen molar-refractivity contribution in [3.05, 3.63) is 76.8 Å². The second-order valence-corrected chi connectivity index (χ2v) is 5.89. The van der Waals surface area contributed by atoms with Gasteiger partial charge >= 0.3 is 0 Å². The van der Waals surface area contributed by atoms with Crippen molar-refractivity contribution in [3.8, 4) is 0 Å². The number of pyridine rings is 1. The quantitative estimate of drug-likeness (QED) is 0.704. The summed E-state index contributed by atoms with van der Waals surface area (Å²) in [5, 5.41) is 5.88. The number of carbonyl (C=O) groups excluding carboxylic acids is 1. The molecule has 1 amide bonds. The minimum Gasteiger partial charge on any atom is -0.350 e. The van der Waals surface area contributed by atoms with Crippen LogP contribution in [0.5, 0.6) is 0 Å². The number of rotatable bonds is 5. The van der Waals surface area contributed by atoms with E-state index in [4.69, 9.17) is 0 Å². The molecule has 3 aromatic rings. The Morgan fingerprint density at radius 3 is 2.46 bits per heavy atom. The third-order valence-electron chi connectivity index (χ3n) is 3.19. The first-order valence-electron chi connectivity index (χ1n) is 7.22. The number of amides is 1. The molecule has 120 valence electrons. The Kier molecular flexibility index (Phi) is 5.12. The molecular weight excluding hydrogens is 370 g/mol. The number of nitrogens with zero attached hydrogens (tertiary/aromatic N) is 3. The summed E-state index contributed by atoms with van der Waals surface area (Å²) in [4.78, 5) is 24.5. The zero-order valence-electron chi connectivity index (χ0n) is 12.6. The van der Waals surface area contributed by atoms with Gasteiger partial charge in [-0.15, -0.1) is 0 Å². The van der Waals surface area contributed by atoms with Crippen molar-refractivity contribution in [1.82, 2.24) is 15.0 Å². The van der Waals surface area contributed by atoms with Gasteiger partial charge in [-0.2, -0.15) is 0 Å². The van der Waals surface area contributed by atoms with Crippen molar-refractivity contribution in [2.24, 2.45) is 0 Å². The highest BCUT2D eigenvalue weighted by molar-refractivity contribution is 9.10. The Morgan fingerprint density at radius 1 is 1.04 bits per heavy atom. The number of carbonyl (C=O) groups is 1. The summed E-state index contributed by atoms with van der Waals surface area (Å²) < 4.78 is 0.952. The fourth-order valence-corrected chi connectivity index (χ4v) is 2.22. The molecule has 0 aliphatic rings. The van der Waals surface area contributed by atoms with Crippen LogP contribution in [-0.2, 0) is 6.54 Å². The number of aromatic nitrogens is 3. The first kappa shape index (κ1) is 16.1. The Morgan fingerprint density at radius 2 is 1.79 bits per heavy atom. The smallest absolute Gasteiger partial charge is 0.258 e. The zero-order valence-corrected chi connectivity index (χ0v) is 14.2. The number of benzene rings is 1. The van der Waals surface area contributed by atoms with Crippen molar-refractivity contribution in [1.29, 1.82) is 0 Å². The molecule has 0 saturated heterocycles. The maximum Gasteiger partial charge on any atom is 0.258 e. The summed E-state index contributed by atoms with van der Waals surface area (Å²) >= 11 is 3.35. The van der Waals surface area contributed by atoms with Gasteiger partial charge in [0, 0.05) is 41.5 Å². The second kappa shape index (κ2) is 7.65. The SMILES string of the molecule is O=C(Nc1ccc(Br)cc1)c1cnc(NCc2cccnc2)nc1. The molecule has 3 rings (SSSR count). The number of anilines is 2. The summed E-state index contributed by atoms with van der Waals surface area (Å²) in [5.41, 5.74) is 2.13. The van der Waals surface area contributed by atoms with Crippen LogP contribution in [0.3, 0.4) is 0 Å². The highest BCUT2D eigenvalue weighted by Crippen LogP contribution is 2.15. The van der Waals surface area contributed by atoms with Crippen molar-refractivity contribution < 1.29 is 4.79 Å². The lowest BCUT2D eigenvalue weighted by Gasteiger charge is -2.07. The van der Waals surface area contributed by atoms with Crippen LogP contribution in [0.4, 0.5) is 11.6 Å². The molecule has 0 fully saturated rings. The Bertz CT molecular complexity index is 807. The molecule has 2 N–H and O–H groups in total. The van der Waals surface area contributed by atoms with Gasteiger partial charge in [0.25, 0.3) is 5.91 Å². The van der Waals surface area contributed by atoms with Crippen LogP contribution >= 0.6 is 15.9 Å². The van der Waals surface area contributed by atoms with Gasteiger partial charge in [0.05, 0.1) is 5.56 Å². The molecule has 0 radical (unpaired) electrons. The fourth-order valence-electron chi connectivity index (χ4n) is 1.96. The highest BCUT2D eigenvalue weighted by atomic mass is 79.9. The van der Waals surface area contributed by atoms with Gasteiger partial charge in [0.15, 0.2) is 0 Å². The van der Waals surface area contributed by atoms with Gasteiger partial charge in [-0.3, -0.25) is 9.78 Å². The van der Waals surface area contributed by atoms with E-state index in [9.17, 15) is 4.79 Å². The molecule has 0 aliphatic heterocycles. The highest BCUT2D eigenvalue weighted by Gasteiger charge is 2.07. The molecule has 0 saturated carbocycles. The maximum atomic E-state index is 12.2. The van der Waals surface area contributed by atoms with E-state index in [1.807, 2.05) is 36.4 Å². The minimum atomic E-state index is -0.254. The van der Waals surface area contributed by atoms with Crippen LogP contribution in [-0.4, -0.2) is 20.9 Å². The molecule has 0 bridgehead atoms. The molecule has 0 spiro atoms. The Balaban J connectivity index is 1.59. The average Bonchev–Trinajstić information content (AvgIpc) is 2.63. The van der Waals surface area contributed by atoms with E-state index in [0.717, 1.165) is 10.0 Å². The van der Waals surface area contributed by atoms with E-state index in [2.05, 4.69) is 41.5 Å². The first-order valence-corrected chi connectivity index (χ1v) is 8.02. The summed E-state index contributed by atoms with van der Waals surface area (Å²) in [7, 11) is 0. The predicted molar refractivity (Wildman–Crippen MR) is 95.7 cm³/mol. The van der Waals surface area contributed by atoms with E-state index in [1.54, 1.807) is 12.4 Å². The monoisotopic (exact) mass is 383 g/mol. The summed E-state index contributed by atoms with van der Waals surface area (Å²) in [6.07, 6.45) is 6.48. The third-order valence-corrected chi connectivity index (χ3v) is 3.72. The van der Waals surface area contributed by atoms with E-state index in [0.29, 0.717) is 23.7 Å². The van der Waals surface area contributed by atoms with Crippen LogP contribution in [0.25, 0.3) is 0 Å². The number of hydrogen-bond donors (Lipinski definition) is 2. The van der Waals surface area contributed by atoms with Crippen LogP contribution in [0.1, 0.15) is 15.9 Å². The number of halogens is 1.